The maximum Gasteiger partial charge on any atom is 0.163 e. The zero-order valence-electron chi connectivity index (χ0n) is 9.59. The predicted octanol–water partition coefficient (Wildman–Crippen LogP) is 1.72. The molecule has 0 amide bonds. The third-order valence-electron chi connectivity index (χ3n) is 2.55. The van der Waals surface area contributed by atoms with Crippen LogP contribution in [0.3, 0.4) is 0 Å². The van der Waals surface area contributed by atoms with E-state index in [1.165, 1.54) is 5.56 Å². The van der Waals surface area contributed by atoms with Crippen LogP contribution in [0, 0.1) is 18.3 Å². The number of benzene rings is 1. The van der Waals surface area contributed by atoms with Crippen LogP contribution in [0.15, 0.2) is 30.3 Å². The first-order valence-electron chi connectivity index (χ1n) is 5.40. The highest BCUT2D eigenvalue weighted by Crippen LogP contribution is 2.20. The Kier molecular flexibility index (Phi) is 3.22. The van der Waals surface area contributed by atoms with Crippen LogP contribution in [0.5, 0.6) is 0 Å². The van der Waals surface area contributed by atoms with Gasteiger partial charge in [-0.25, -0.2) is 0 Å². The van der Waals surface area contributed by atoms with Gasteiger partial charge in [-0.2, -0.15) is 10.4 Å². The standard InChI is InChI=1S/C13H13N3O/c1-10-2-4-11(5-3-10)13-8-12(9-14)15-16(13)6-7-17/h2-5,8,17H,6-7H2,1H3. The molecule has 1 aromatic heterocycles. The fourth-order valence-corrected chi connectivity index (χ4v) is 1.69. The summed E-state index contributed by atoms with van der Waals surface area (Å²) in [6, 6.07) is 11.7. The fraction of sp³-hybridized carbons (Fsp3) is 0.231. The zero-order chi connectivity index (χ0) is 12.3. The quantitative estimate of drug-likeness (QED) is 0.868. The summed E-state index contributed by atoms with van der Waals surface area (Å²) < 4.78 is 1.66. The summed E-state index contributed by atoms with van der Waals surface area (Å²) in [5.74, 6) is 0. The van der Waals surface area contributed by atoms with Gasteiger partial charge in [-0.05, 0) is 12.5 Å². The Morgan fingerprint density at radius 2 is 2.06 bits per heavy atom. The van der Waals surface area contributed by atoms with Crippen molar-refractivity contribution in [1.82, 2.24) is 9.78 Å². The van der Waals surface area contributed by atoms with Gasteiger partial charge in [0.2, 0.25) is 0 Å². The molecule has 0 aliphatic rings. The third kappa shape index (κ3) is 2.35. The zero-order valence-corrected chi connectivity index (χ0v) is 9.59. The monoisotopic (exact) mass is 227 g/mol. The summed E-state index contributed by atoms with van der Waals surface area (Å²) in [7, 11) is 0. The van der Waals surface area contributed by atoms with Crippen molar-refractivity contribution >= 4 is 0 Å². The van der Waals surface area contributed by atoms with Gasteiger partial charge in [0.15, 0.2) is 5.69 Å². The van der Waals surface area contributed by atoms with E-state index in [0.29, 0.717) is 12.2 Å². The van der Waals surface area contributed by atoms with E-state index in [9.17, 15) is 0 Å². The molecule has 0 fully saturated rings. The summed E-state index contributed by atoms with van der Waals surface area (Å²) >= 11 is 0. The molecule has 0 radical (unpaired) electrons. The molecule has 0 bridgehead atoms. The Morgan fingerprint density at radius 3 is 2.65 bits per heavy atom. The number of nitrogens with zero attached hydrogens (tertiary/aromatic N) is 3. The number of aryl methyl sites for hydroxylation is 1. The molecule has 4 heteroatoms. The number of aliphatic hydroxyl groups is 1. The van der Waals surface area contributed by atoms with Gasteiger partial charge in [0.25, 0.3) is 0 Å². The smallest absolute Gasteiger partial charge is 0.163 e. The van der Waals surface area contributed by atoms with Crippen molar-refractivity contribution in [2.24, 2.45) is 0 Å². The molecule has 0 saturated carbocycles. The van der Waals surface area contributed by atoms with Gasteiger partial charge in [0.05, 0.1) is 18.8 Å². The number of hydrogen-bond donors (Lipinski definition) is 1. The number of hydrogen-bond acceptors (Lipinski definition) is 3. The van der Waals surface area contributed by atoms with Crippen molar-refractivity contribution in [3.05, 3.63) is 41.6 Å². The van der Waals surface area contributed by atoms with E-state index < -0.39 is 0 Å². The molecular weight excluding hydrogens is 214 g/mol. The predicted molar refractivity (Wildman–Crippen MR) is 64.2 cm³/mol. The highest BCUT2D eigenvalue weighted by molar-refractivity contribution is 5.61. The Hall–Kier alpha value is -2.12. The summed E-state index contributed by atoms with van der Waals surface area (Å²) in [5, 5.41) is 21.9. The Bertz CT molecular complexity index is 549. The molecule has 0 aliphatic heterocycles. The lowest BCUT2D eigenvalue weighted by Gasteiger charge is -2.05. The maximum atomic E-state index is 8.97. The molecule has 86 valence electrons. The van der Waals surface area contributed by atoms with Crippen LogP contribution in [-0.2, 0) is 6.54 Å². The minimum Gasteiger partial charge on any atom is -0.394 e. The van der Waals surface area contributed by atoms with Crippen molar-refractivity contribution < 1.29 is 5.11 Å². The average Bonchev–Trinajstić information content (AvgIpc) is 2.74. The van der Waals surface area contributed by atoms with Crippen LogP contribution < -0.4 is 0 Å². The minimum atomic E-state index is 0.00537. The molecule has 2 rings (SSSR count). The lowest BCUT2D eigenvalue weighted by atomic mass is 10.1. The van der Waals surface area contributed by atoms with Crippen molar-refractivity contribution in [2.45, 2.75) is 13.5 Å². The SMILES string of the molecule is Cc1ccc(-c2cc(C#N)nn2CCO)cc1. The first-order chi connectivity index (χ1) is 8.24. The second kappa shape index (κ2) is 4.81. The van der Waals surface area contributed by atoms with Crippen molar-refractivity contribution in [3.63, 3.8) is 0 Å². The summed E-state index contributed by atoms with van der Waals surface area (Å²) in [4.78, 5) is 0. The lowest BCUT2D eigenvalue weighted by Crippen LogP contribution is -2.05. The second-order valence-electron chi connectivity index (χ2n) is 3.84. The molecule has 17 heavy (non-hydrogen) atoms. The average molecular weight is 227 g/mol. The van der Waals surface area contributed by atoms with Gasteiger partial charge in [-0.15, -0.1) is 0 Å². The summed E-state index contributed by atoms with van der Waals surface area (Å²) in [6.07, 6.45) is 0. The summed E-state index contributed by atoms with van der Waals surface area (Å²) in [6.45, 7) is 2.42. The first-order valence-corrected chi connectivity index (χ1v) is 5.40. The molecule has 4 nitrogen and oxygen atoms in total. The van der Waals surface area contributed by atoms with Gasteiger partial charge in [-0.3, -0.25) is 4.68 Å². The molecule has 0 spiro atoms. The molecule has 1 heterocycles. The molecule has 1 aromatic carbocycles. The van der Waals surface area contributed by atoms with E-state index in [4.69, 9.17) is 10.4 Å². The second-order valence-corrected chi connectivity index (χ2v) is 3.84. The number of rotatable bonds is 3. The highest BCUT2D eigenvalue weighted by atomic mass is 16.3. The van der Waals surface area contributed by atoms with Crippen LogP contribution in [0.1, 0.15) is 11.3 Å². The lowest BCUT2D eigenvalue weighted by molar-refractivity contribution is 0.270. The molecule has 0 atom stereocenters. The normalized spacial score (nSPS) is 10.2. The first kappa shape index (κ1) is 11.4. The van der Waals surface area contributed by atoms with Crippen LogP contribution in [0.25, 0.3) is 11.3 Å². The topological polar surface area (TPSA) is 61.8 Å². The van der Waals surface area contributed by atoms with Gasteiger partial charge < -0.3 is 5.11 Å². The van der Waals surface area contributed by atoms with E-state index in [0.717, 1.165) is 11.3 Å². The van der Waals surface area contributed by atoms with E-state index in [1.54, 1.807) is 10.7 Å². The highest BCUT2D eigenvalue weighted by Gasteiger charge is 2.08. The third-order valence-corrected chi connectivity index (χ3v) is 2.55. The van der Waals surface area contributed by atoms with Gasteiger partial charge >= 0.3 is 0 Å². The molecule has 0 aliphatic carbocycles. The van der Waals surface area contributed by atoms with E-state index in [2.05, 4.69) is 5.10 Å². The van der Waals surface area contributed by atoms with Gasteiger partial charge in [-0.1, -0.05) is 29.8 Å². The van der Waals surface area contributed by atoms with Crippen LogP contribution >= 0.6 is 0 Å². The van der Waals surface area contributed by atoms with Crippen LogP contribution in [0.4, 0.5) is 0 Å². The molecule has 0 unspecified atom stereocenters. The van der Waals surface area contributed by atoms with Crippen LogP contribution in [0.2, 0.25) is 0 Å². The number of nitriles is 1. The molecular formula is C13H13N3O. The Balaban J connectivity index is 2.46. The number of aliphatic hydroxyl groups excluding tert-OH is 1. The number of aromatic nitrogens is 2. The largest absolute Gasteiger partial charge is 0.394 e. The Morgan fingerprint density at radius 1 is 1.35 bits per heavy atom. The molecule has 0 saturated heterocycles. The van der Waals surface area contributed by atoms with E-state index >= 15 is 0 Å². The van der Waals surface area contributed by atoms with E-state index in [-0.39, 0.29) is 6.61 Å². The molecule has 2 aromatic rings. The van der Waals surface area contributed by atoms with Crippen LogP contribution in [-0.4, -0.2) is 21.5 Å². The van der Waals surface area contributed by atoms with Crippen molar-refractivity contribution in [3.8, 4) is 17.3 Å². The molecule has 1 N–H and O–H groups in total. The Labute approximate surface area is 99.7 Å². The maximum absolute atomic E-state index is 8.97. The van der Waals surface area contributed by atoms with E-state index in [1.807, 2.05) is 37.3 Å². The van der Waals surface area contributed by atoms with Crippen molar-refractivity contribution in [2.75, 3.05) is 6.61 Å². The van der Waals surface area contributed by atoms with Gasteiger partial charge in [0.1, 0.15) is 6.07 Å². The van der Waals surface area contributed by atoms with Crippen molar-refractivity contribution in [1.29, 1.82) is 5.26 Å². The minimum absolute atomic E-state index is 0.00537. The fourth-order valence-electron chi connectivity index (χ4n) is 1.69. The van der Waals surface area contributed by atoms with Gasteiger partial charge in [0, 0.05) is 6.07 Å². The summed E-state index contributed by atoms with van der Waals surface area (Å²) in [5.41, 5.74) is 3.41.